The van der Waals surface area contributed by atoms with Crippen LogP contribution in [0.4, 0.5) is 5.69 Å². The van der Waals surface area contributed by atoms with Gasteiger partial charge >= 0.3 is 5.97 Å². The van der Waals surface area contributed by atoms with Crippen molar-refractivity contribution in [3.8, 4) is 0 Å². The third-order valence-electron chi connectivity index (χ3n) is 10.2. The van der Waals surface area contributed by atoms with Crippen LogP contribution in [0.15, 0.2) is 73.8 Å². The SMILES string of the molecule is C=CCCC(=O)N[C@@H](COC)[C@@H](OC(=O)[C@@H]1[C@H]2C(=O)N([C@H](C)CO)[C@H](C(=O)N(CC=C)c3cc(C)ccc3C)[C@]23CC[C@H]1O3)c1ccccc1. The van der Waals surface area contributed by atoms with E-state index in [9.17, 15) is 24.3 Å². The van der Waals surface area contributed by atoms with E-state index in [4.69, 9.17) is 14.2 Å². The van der Waals surface area contributed by atoms with Crippen molar-refractivity contribution in [1.29, 1.82) is 0 Å². The minimum Gasteiger partial charge on any atom is -0.455 e. The van der Waals surface area contributed by atoms with Crippen LogP contribution in [0.25, 0.3) is 0 Å². The summed E-state index contributed by atoms with van der Waals surface area (Å²) in [5.74, 6) is -3.74. The molecule has 2 aromatic rings. The monoisotopic (exact) mass is 687 g/mol. The van der Waals surface area contributed by atoms with Crippen LogP contribution in [0.2, 0.25) is 0 Å². The number of methoxy groups -OCH3 is 1. The first-order chi connectivity index (χ1) is 24.0. The van der Waals surface area contributed by atoms with E-state index in [0.717, 1.165) is 11.1 Å². The molecule has 50 heavy (non-hydrogen) atoms. The van der Waals surface area contributed by atoms with E-state index in [0.29, 0.717) is 30.5 Å². The number of hydrogen-bond acceptors (Lipinski definition) is 8. The lowest BCUT2D eigenvalue weighted by Crippen LogP contribution is -2.58. The van der Waals surface area contributed by atoms with Gasteiger partial charge in [-0.2, -0.15) is 0 Å². The zero-order chi connectivity index (χ0) is 36.2. The van der Waals surface area contributed by atoms with Gasteiger partial charge in [-0.15, -0.1) is 13.2 Å². The molecular weight excluding hydrogens is 638 g/mol. The number of likely N-dealkylation sites (tertiary alicyclic amines) is 1. The normalized spacial score (nSPS) is 25.4. The average molecular weight is 688 g/mol. The van der Waals surface area contributed by atoms with Crippen molar-refractivity contribution in [2.45, 2.75) is 82.4 Å². The lowest BCUT2D eigenvalue weighted by Gasteiger charge is -2.38. The van der Waals surface area contributed by atoms with E-state index < -0.39 is 59.6 Å². The molecule has 268 valence electrons. The Balaban J connectivity index is 1.51. The highest BCUT2D eigenvalue weighted by atomic mass is 16.6. The van der Waals surface area contributed by atoms with Crippen LogP contribution in [0.3, 0.4) is 0 Å². The fraction of sp³-hybridized carbons (Fsp3) is 0.487. The molecule has 3 aliphatic heterocycles. The van der Waals surface area contributed by atoms with Crippen molar-refractivity contribution < 1.29 is 38.5 Å². The number of carbonyl (C=O) groups excluding carboxylic acids is 4. The predicted molar refractivity (Wildman–Crippen MR) is 188 cm³/mol. The molecule has 1 spiro atoms. The van der Waals surface area contributed by atoms with Crippen LogP contribution in [0.5, 0.6) is 0 Å². The Labute approximate surface area is 294 Å². The molecule has 2 aromatic carbocycles. The van der Waals surface area contributed by atoms with Gasteiger partial charge in [-0.3, -0.25) is 19.2 Å². The number of aliphatic hydroxyl groups excluding tert-OH is 1. The molecule has 0 saturated carbocycles. The molecule has 3 fully saturated rings. The quantitative estimate of drug-likeness (QED) is 0.200. The fourth-order valence-electron chi connectivity index (χ4n) is 7.92. The van der Waals surface area contributed by atoms with E-state index in [1.54, 1.807) is 36.1 Å². The Bertz CT molecular complexity index is 1600. The maximum absolute atomic E-state index is 14.8. The number of amides is 3. The first kappa shape index (κ1) is 36.9. The van der Waals surface area contributed by atoms with E-state index in [1.165, 1.54) is 12.0 Å². The third-order valence-corrected chi connectivity index (χ3v) is 10.2. The van der Waals surface area contributed by atoms with Gasteiger partial charge in [0, 0.05) is 25.8 Å². The number of rotatable bonds is 16. The molecule has 5 rings (SSSR count). The summed E-state index contributed by atoms with van der Waals surface area (Å²) in [7, 11) is 1.50. The van der Waals surface area contributed by atoms with Crippen LogP contribution in [-0.4, -0.2) is 90.4 Å². The molecule has 2 N–H and O–H groups in total. The van der Waals surface area contributed by atoms with Gasteiger partial charge in [0.2, 0.25) is 11.8 Å². The maximum Gasteiger partial charge on any atom is 0.313 e. The number of nitrogens with zero attached hydrogens (tertiary/aromatic N) is 2. The number of carbonyl (C=O) groups is 4. The topological polar surface area (TPSA) is 135 Å². The Morgan fingerprint density at radius 3 is 2.56 bits per heavy atom. The smallest absolute Gasteiger partial charge is 0.313 e. The molecule has 0 aliphatic carbocycles. The van der Waals surface area contributed by atoms with Crippen molar-refractivity contribution in [2.24, 2.45) is 11.8 Å². The summed E-state index contributed by atoms with van der Waals surface area (Å²) in [4.78, 5) is 59.7. The molecule has 3 heterocycles. The molecule has 3 aliphatic rings. The molecule has 8 atom stereocenters. The van der Waals surface area contributed by atoms with Crippen molar-refractivity contribution in [3.05, 3.63) is 90.5 Å². The number of anilines is 1. The first-order valence-electron chi connectivity index (χ1n) is 17.3. The molecule has 3 saturated heterocycles. The molecule has 0 unspecified atom stereocenters. The highest BCUT2D eigenvalue weighted by molar-refractivity contribution is 6.05. The summed E-state index contributed by atoms with van der Waals surface area (Å²) in [5, 5.41) is 13.3. The van der Waals surface area contributed by atoms with Gasteiger partial charge in [-0.05, 0) is 62.8 Å². The summed E-state index contributed by atoms with van der Waals surface area (Å²) in [5.41, 5.74) is 1.85. The highest BCUT2D eigenvalue weighted by Gasteiger charge is 2.75. The highest BCUT2D eigenvalue weighted by Crippen LogP contribution is 2.59. The molecule has 3 amide bonds. The second kappa shape index (κ2) is 15.7. The van der Waals surface area contributed by atoms with Gasteiger partial charge in [0.1, 0.15) is 17.7 Å². The van der Waals surface area contributed by atoms with Crippen molar-refractivity contribution in [2.75, 3.05) is 31.8 Å². The number of aryl methyl sites for hydroxylation is 2. The van der Waals surface area contributed by atoms with Gasteiger partial charge in [0.25, 0.3) is 5.91 Å². The lowest BCUT2D eigenvalue weighted by atomic mass is 9.70. The van der Waals surface area contributed by atoms with Crippen molar-refractivity contribution >= 4 is 29.4 Å². The number of fused-ring (bicyclic) bond motifs is 1. The summed E-state index contributed by atoms with van der Waals surface area (Å²) in [6, 6.07) is 12.3. The van der Waals surface area contributed by atoms with E-state index in [2.05, 4.69) is 18.5 Å². The fourth-order valence-corrected chi connectivity index (χ4v) is 7.92. The standard InChI is InChI=1S/C39H49N3O8/c1-7-9-15-31(44)40-28(23-48-6)34(27-13-11-10-12-14-27)49-38(47)32-30-18-19-39(50-30)33(32)36(45)42(26(5)22-43)35(39)37(46)41(20-8-2)29-21-24(3)16-17-25(29)4/h7-8,10-14,16-17,21,26,28,30,32-35,43H,1-2,9,15,18-20,22-23H2,3-6H3,(H,40,44)/t26-,28+,30-,32+,33+,34+,35-,39+/m1/s1. The Kier molecular flexibility index (Phi) is 11.6. The van der Waals surface area contributed by atoms with Crippen LogP contribution in [0.1, 0.15) is 55.4 Å². The molecule has 0 radical (unpaired) electrons. The largest absolute Gasteiger partial charge is 0.455 e. The van der Waals surface area contributed by atoms with Crippen LogP contribution in [0, 0.1) is 25.7 Å². The predicted octanol–water partition coefficient (Wildman–Crippen LogP) is 3.96. The maximum atomic E-state index is 14.8. The minimum absolute atomic E-state index is 0.0550. The summed E-state index contributed by atoms with van der Waals surface area (Å²) < 4.78 is 18.4. The first-order valence-corrected chi connectivity index (χ1v) is 17.3. The van der Waals surface area contributed by atoms with E-state index >= 15 is 0 Å². The summed E-state index contributed by atoms with van der Waals surface area (Å²) >= 11 is 0. The van der Waals surface area contributed by atoms with Gasteiger partial charge in [-0.25, -0.2) is 0 Å². The van der Waals surface area contributed by atoms with Gasteiger partial charge in [0.05, 0.1) is 43.2 Å². The minimum atomic E-state index is -1.31. The lowest BCUT2D eigenvalue weighted by molar-refractivity contribution is -0.163. The van der Waals surface area contributed by atoms with E-state index in [-0.39, 0.29) is 38.0 Å². The number of esters is 1. The molecular formula is C39H49N3O8. The van der Waals surface area contributed by atoms with Crippen LogP contribution >= 0.6 is 0 Å². The molecule has 11 heteroatoms. The van der Waals surface area contributed by atoms with Gasteiger partial charge in [-0.1, -0.05) is 54.6 Å². The van der Waals surface area contributed by atoms with Gasteiger partial charge < -0.3 is 34.4 Å². The number of aliphatic hydroxyl groups is 1. The van der Waals surface area contributed by atoms with E-state index in [1.807, 2.05) is 50.2 Å². The van der Waals surface area contributed by atoms with Gasteiger partial charge in [0.15, 0.2) is 0 Å². The Morgan fingerprint density at radius 1 is 1.16 bits per heavy atom. The number of hydrogen-bond donors (Lipinski definition) is 2. The number of ether oxygens (including phenoxy) is 3. The van der Waals surface area contributed by atoms with Crippen LogP contribution < -0.4 is 10.2 Å². The summed E-state index contributed by atoms with van der Waals surface area (Å²) in [6.45, 7) is 13.0. The third kappa shape index (κ3) is 6.86. The van der Waals surface area contributed by atoms with Crippen LogP contribution in [-0.2, 0) is 33.4 Å². The number of allylic oxidation sites excluding steroid dienone is 1. The molecule has 0 aromatic heterocycles. The molecule has 2 bridgehead atoms. The van der Waals surface area contributed by atoms with Crippen molar-refractivity contribution in [3.63, 3.8) is 0 Å². The average Bonchev–Trinajstić information content (AvgIpc) is 3.76. The number of nitrogens with one attached hydrogen (secondary N) is 1. The number of benzene rings is 2. The summed E-state index contributed by atoms with van der Waals surface area (Å²) in [6.07, 6.45) is 3.18. The zero-order valence-corrected chi connectivity index (χ0v) is 29.4. The van der Waals surface area contributed by atoms with Crippen molar-refractivity contribution in [1.82, 2.24) is 10.2 Å². The Hall–Kier alpha value is -4.32. The second-order valence-electron chi connectivity index (χ2n) is 13.6. The second-order valence-corrected chi connectivity index (χ2v) is 13.6. The Morgan fingerprint density at radius 2 is 1.90 bits per heavy atom. The molecule has 11 nitrogen and oxygen atoms in total. The zero-order valence-electron chi connectivity index (χ0n) is 29.4.